The average Bonchev–Trinajstić information content (AvgIpc) is 2.34. The number of hydrogen-bond donors (Lipinski definition) is 1. The first-order chi connectivity index (χ1) is 8.72. The molecule has 1 rings (SSSR count). The molecule has 0 bridgehead atoms. The Labute approximate surface area is 110 Å². The van der Waals surface area contributed by atoms with Crippen molar-refractivity contribution >= 4 is 0 Å². The molecule has 1 aromatic carbocycles. The maximum Gasteiger partial charge on any atom is 0.119 e. The molecule has 18 heavy (non-hydrogen) atoms. The number of nitrogens with one attached hydrogen (secondary N) is 1. The maximum absolute atomic E-state index is 5.70. The summed E-state index contributed by atoms with van der Waals surface area (Å²) in [6.07, 6.45) is 1.03. The fourth-order valence-electron chi connectivity index (χ4n) is 1.67. The third-order valence-electron chi connectivity index (χ3n) is 2.53. The molecule has 0 aliphatic carbocycles. The number of rotatable bonds is 9. The van der Waals surface area contributed by atoms with Crippen LogP contribution < -0.4 is 10.1 Å². The highest BCUT2D eigenvalue weighted by Crippen LogP contribution is 2.13. The third kappa shape index (κ3) is 6.62. The standard InChI is InChI=1S/C15H25NO2/c1-13(2)11-16-8-5-9-18-15-7-4-6-14(10-15)12-17-3/h4,6-7,10,13,16H,5,8-9,11-12H2,1-3H3. The lowest BCUT2D eigenvalue weighted by molar-refractivity contribution is 0.184. The SMILES string of the molecule is COCc1cccc(OCCCNCC(C)C)c1. The highest BCUT2D eigenvalue weighted by Gasteiger charge is 1.97. The normalized spacial score (nSPS) is 10.9. The van der Waals surface area contributed by atoms with Crippen molar-refractivity contribution in [3.63, 3.8) is 0 Å². The molecular weight excluding hydrogens is 226 g/mol. The monoisotopic (exact) mass is 251 g/mol. The Morgan fingerprint density at radius 2 is 2.11 bits per heavy atom. The lowest BCUT2D eigenvalue weighted by Crippen LogP contribution is -2.22. The number of benzene rings is 1. The van der Waals surface area contributed by atoms with Crippen LogP contribution in [-0.2, 0) is 11.3 Å². The van der Waals surface area contributed by atoms with Crippen LogP contribution in [0.2, 0.25) is 0 Å². The molecule has 0 radical (unpaired) electrons. The highest BCUT2D eigenvalue weighted by molar-refractivity contribution is 5.28. The molecule has 3 nitrogen and oxygen atoms in total. The van der Waals surface area contributed by atoms with Gasteiger partial charge in [0, 0.05) is 7.11 Å². The van der Waals surface area contributed by atoms with Gasteiger partial charge >= 0.3 is 0 Å². The second-order valence-electron chi connectivity index (χ2n) is 4.88. The number of hydrogen-bond acceptors (Lipinski definition) is 3. The topological polar surface area (TPSA) is 30.5 Å². The van der Waals surface area contributed by atoms with Crippen molar-refractivity contribution in [3.05, 3.63) is 29.8 Å². The summed E-state index contributed by atoms with van der Waals surface area (Å²) < 4.78 is 10.8. The Hall–Kier alpha value is -1.06. The van der Waals surface area contributed by atoms with E-state index in [0.717, 1.165) is 37.4 Å². The molecule has 0 aliphatic rings. The van der Waals surface area contributed by atoms with Crippen LogP contribution in [-0.4, -0.2) is 26.8 Å². The van der Waals surface area contributed by atoms with Gasteiger partial charge in [0.2, 0.25) is 0 Å². The fraction of sp³-hybridized carbons (Fsp3) is 0.600. The molecule has 0 aromatic heterocycles. The van der Waals surface area contributed by atoms with Crippen molar-refractivity contribution in [2.75, 3.05) is 26.8 Å². The molecule has 3 heteroatoms. The van der Waals surface area contributed by atoms with E-state index < -0.39 is 0 Å². The van der Waals surface area contributed by atoms with Gasteiger partial charge in [-0.2, -0.15) is 0 Å². The van der Waals surface area contributed by atoms with Crippen LogP contribution >= 0.6 is 0 Å². The van der Waals surface area contributed by atoms with Crippen LogP contribution in [0.25, 0.3) is 0 Å². The Morgan fingerprint density at radius 3 is 2.83 bits per heavy atom. The zero-order valence-corrected chi connectivity index (χ0v) is 11.7. The number of methoxy groups -OCH3 is 1. The second-order valence-corrected chi connectivity index (χ2v) is 4.88. The van der Waals surface area contributed by atoms with Gasteiger partial charge in [-0.1, -0.05) is 26.0 Å². The maximum atomic E-state index is 5.70. The summed E-state index contributed by atoms with van der Waals surface area (Å²) in [6, 6.07) is 8.06. The van der Waals surface area contributed by atoms with E-state index >= 15 is 0 Å². The Bertz CT molecular complexity index is 326. The van der Waals surface area contributed by atoms with Crippen molar-refractivity contribution in [2.45, 2.75) is 26.9 Å². The van der Waals surface area contributed by atoms with Gasteiger partial charge in [0.05, 0.1) is 13.2 Å². The Balaban J connectivity index is 2.16. The smallest absolute Gasteiger partial charge is 0.119 e. The molecule has 102 valence electrons. The van der Waals surface area contributed by atoms with Gasteiger partial charge in [-0.05, 0) is 43.1 Å². The second kappa shape index (κ2) is 8.95. The zero-order valence-electron chi connectivity index (χ0n) is 11.7. The van der Waals surface area contributed by atoms with E-state index in [4.69, 9.17) is 9.47 Å². The summed E-state index contributed by atoms with van der Waals surface area (Å²) in [4.78, 5) is 0. The third-order valence-corrected chi connectivity index (χ3v) is 2.53. The summed E-state index contributed by atoms with van der Waals surface area (Å²) in [5.41, 5.74) is 1.15. The van der Waals surface area contributed by atoms with Crippen LogP contribution in [0.3, 0.4) is 0 Å². The van der Waals surface area contributed by atoms with E-state index in [9.17, 15) is 0 Å². The molecular formula is C15H25NO2. The van der Waals surface area contributed by atoms with Gasteiger partial charge in [0.25, 0.3) is 0 Å². The quantitative estimate of drug-likeness (QED) is 0.685. The van der Waals surface area contributed by atoms with Gasteiger partial charge in [-0.25, -0.2) is 0 Å². The zero-order chi connectivity index (χ0) is 13.2. The van der Waals surface area contributed by atoms with Crippen LogP contribution in [0.15, 0.2) is 24.3 Å². The lowest BCUT2D eigenvalue weighted by atomic mass is 10.2. The van der Waals surface area contributed by atoms with E-state index in [1.165, 1.54) is 0 Å². The number of ether oxygens (including phenoxy) is 2. The summed E-state index contributed by atoms with van der Waals surface area (Å²) in [5, 5.41) is 3.40. The van der Waals surface area contributed by atoms with Gasteiger partial charge in [-0.3, -0.25) is 0 Å². The molecule has 1 aromatic rings. The van der Waals surface area contributed by atoms with Crippen LogP contribution in [0.5, 0.6) is 5.75 Å². The van der Waals surface area contributed by atoms with Crippen LogP contribution in [0, 0.1) is 5.92 Å². The van der Waals surface area contributed by atoms with Crippen LogP contribution in [0.4, 0.5) is 0 Å². The minimum atomic E-state index is 0.632. The minimum Gasteiger partial charge on any atom is -0.494 e. The minimum absolute atomic E-state index is 0.632. The molecule has 0 spiro atoms. The van der Waals surface area contributed by atoms with Crippen molar-refractivity contribution in [2.24, 2.45) is 5.92 Å². The van der Waals surface area contributed by atoms with Gasteiger partial charge < -0.3 is 14.8 Å². The molecule has 0 amide bonds. The van der Waals surface area contributed by atoms with Crippen molar-refractivity contribution in [1.82, 2.24) is 5.32 Å². The molecule has 0 atom stereocenters. The Morgan fingerprint density at radius 1 is 1.28 bits per heavy atom. The van der Waals surface area contributed by atoms with Crippen molar-refractivity contribution in [3.8, 4) is 5.75 Å². The lowest BCUT2D eigenvalue weighted by Gasteiger charge is -2.09. The first-order valence-corrected chi connectivity index (χ1v) is 6.63. The van der Waals surface area contributed by atoms with Crippen molar-refractivity contribution < 1.29 is 9.47 Å². The largest absolute Gasteiger partial charge is 0.494 e. The summed E-state index contributed by atoms with van der Waals surface area (Å²) in [7, 11) is 1.70. The molecule has 0 saturated carbocycles. The molecule has 0 saturated heterocycles. The summed E-state index contributed by atoms with van der Waals surface area (Å²) in [5.74, 6) is 1.63. The summed E-state index contributed by atoms with van der Waals surface area (Å²) >= 11 is 0. The summed E-state index contributed by atoms with van der Waals surface area (Å²) in [6.45, 7) is 7.89. The first-order valence-electron chi connectivity index (χ1n) is 6.63. The molecule has 0 unspecified atom stereocenters. The van der Waals surface area contributed by atoms with Gasteiger partial charge in [0.1, 0.15) is 5.75 Å². The van der Waals surface area contributed by atoms with E-state index in [1.54, 1.807) is 7.11 Å². The van der Waals surface area contributed by atoms with E-state index in [2.05, 4.69) is 19.2 Å². The van der Waals surface area contributed by atoms with Gasteiger partial charge in [0.15, 0.2) is 0 Å². The van der Waals surface area contributed by atoms with Gasteiger partial charge in [-0.15, -0.1) is 0 Å². The Kier molecular flexibility index (Phi) is 7.46. The predicted molar refractivity (Wildman–Crippen MR) is 75.0 cm³/mol. The first kappa shape index (κ1) is 15.0. The van der Waals surface area contributed by atoms with E-state index in [0.29, 0.717) is 12.5 Å². The molecule has 0 heterocycles. The fourth-order valence-corrected chi connectivity index (χ4v) is 1.67. The molecule has 1 N–H and O–H groups in total. The van der Waals surface area contributed by atoms with Crippen LogP contribution in [0.1, 0.15) is 25.8 Å². The highest BCUT2D eigenvalue weighted by atomic mass is 16.5. The van der Waals surface area contributed by atoms with Crippen molar-refractivity contribution in [1.29, 1.82) is 0 Å². The molecule has 0 aliphatic heterocycles. The predicted octanol–water partition coefficient (Wildman–Crippen LogP) is 2.85. The average molecular weight is 251 g/mol. The molecule has 0 fully saturated rings. The van der Waals surface area contributed by atoms with E-state index in [-0.39, 0.29) is 0 Å². The van der Waals surface area contributed by atoms with E-state index in [1.807, 2.05) is 24.3 Å².